The summed E-state index contributed by atoms with van der Waals surface area (Å²) in [6.07, 6.45) is 3.33. The van der Waals surface area contributed by atoms with Crippen LogP contribution in [0.3, 0.4) is 0 Å². The monoisotopic (exact) mass is 406 g/mol. The lowest BCUT2D eigenvalue weighted by Gasteiger charge is -2.35. The van der Waals surface area contributed by atoms with Crippen molar-refractivity contribution in [1.29, 1.82) is 0 Å². The van der Waals surface area contributed by atoms with Gasteiger partial charge in [-0.05, 0) is 82.6 Å². The highest BCUT2D eigenvalue weighted by Crippen LogP contribution is 2.25. The maximum absolute atomic E-state index is 13.1. The number of piperidine rings is 1. The Hall–Kier alpha value is -2.11. The predicted octanol–water partition coefficient (Wildman–Crippen LogP) is 5.01. The number of nitrogens with one attached hydrogen (secondary N) is 1. The van der Waals surface area contributed by atoms with E-state index in [4.69, 9.17) is 4.74 Å². The molecule has 0 radical (unpaired) electrons. The maximum atomic E-state index is 13.1. The molecular weight excluding hydrogens is 371 g/mol. The molecule has 162 valence electrons. The highest BCUT2D eigenvalue weighted by molar-refractivity contribution is 5.94. The summed E-state index contributed by atoms with van der Waals surface area (Å²) in [5.74, 6) is 0.389. The van der Waals surface area contributed by atoms with Crippen molar-refractivity contribution in [3.05, 3.63) is 35.6 Å². The van der Waals surface area contributed by atoms with Gasteiger partial charge in [-0.25, -0.2) is 9.18 Å². The Labute approximate surface area is 174 Å². The van der Waals surface area contributed by atoms with Gasteiger partial charge in [-0.2, -0.15) is 0 Å². The zero-order valence-corrected chi connectivity index (χ0v) is 18.3. The Balaban J connectivity index is 1.89. The summed E-state index contributed by atoms with van der Waals surface area (Å²) in [5.41, 5.74) is -0.0131. The van der Waals surface area contributed by atoms with Crippen LogP contribution in [0.25, 0.3) is 0 Å². The van der Waals surface area contributed by atoms with Crippen molar-refractivity contribution in [1.82, 2.24) is 10.2 Å². The van der Waals surface area contributed by atoms with Crippen molar-refractivity contribution < 1.29 is 18.7 Å². The summed E-state index contributed by atoms with van der Waals surface area (Å²) in [7, 11) is 0. The molecule has 0 aromatic heterocycles. The smallest absolute Gasteiger partial charge is 0.410 e. The zero-order valence-electron chi connectivity index (χ0n) is 18.3. The molecule has 1 aliphatic rings. The molecule has 1 aromatic rings. The van der Waals surface area contributed by atoms with E-state index >= 15 is 0 Å². The number of rotatable bonds is 6. The lowest BCUT2D eigenvalue weighted by atomic mass is 9.87. The van der Waals surface area contributed by atoms with Crippen molar-refractivity contribution in [2.24, 2.45) is 11.8 Å². The normalized spacial score (nSPS) is 16.6. The third-order valence-corrected chi connectivity index (χ3v) is 5.08. The first-order chi connectivity index (χ1) is 13.5. The molecule has 1 unspecified atom stereocenters. The average molecular weight is 407 g/mol. The van der Waals surface area contributed by atoms with Gasteiger partial charge < -0.3 is 15.0 Å². The lowest BCUT2D eigenvalue weighted by Crippen LogP contribution is -2.43. The number of ether oxygens (including phenoxy) is 1. The first-order valence-electron chi connectivity index (χ1n) is 10.6. The van der Waals surface area contributed by atoms with E-state index < -0.39 is 5.60 Å². The number of hydrogen-bond acceptors (Lipinski definition) is 3. The molecule has 0 saturated carbocycles. The Bertz CT molecular complexity index is 674. The van der Waals surface area contributed by atoms with Crippen molar-refractivity contribution >= 4 is 12.0 Å². The molecule has 5 nitrogen and oxygen atoms in total. The molecule has 0 spiro atoms. The second-order valence-electron chi connectivity index (χ2n) is 9.45. The van der Waals surface area contributed by atoms with Gasteiger partial charge in [-0.1, -0.05) is 13.8 Å². The van der Waals surface area contributed by atoms with Gasteiger partial charge >= 0.3 is 6.09 Å². The molecule has 29 heavy (non-hydrogen) atoms. The summed E-state index contributed by atoms with van der Waals surface area (Å²) >= 11 is 0. The van der Waals surface area contributed by atoms with Gasteiger partial charge in [0.15, 0.2) is 0 Å². The number of carbonyl (C=O) groups is 2. The van der Waals surface area contributed by atoms with E-state index in [1.807, 2.05) is 20.8 Å². The predicted molar refractivity (Wildman–Crippen MR) is 112 cm³/mol. The van der Waals surface area contributed by atoms with E-state index in [1.54, 1.807) is 4.90 Å². The van der Waals surface area contributed by atoms with E-state index in [0.717, 1.165) is 25.7 Å². The highest BCUT2D eigenvalue weighted by atomic mass is 19.1. The van der Waals surface area contributed by atoms with Crippen LogP contribution in [0.2, 0.25) is 0 Å². The molecular formula is C23H35FN2O3. The molecule has 2 amide bonds. The van der Waals surface area contributed by atoms with E-state index in [2.05, 4.69) is 19.2 Å². The minimum absolute atomic E-state index is 0.0608. The van der Waals surface area contributed by atoms with Crippen molar-refractivity contribution in [3.63, 3.8) is 0 Å². The van der Waals surface area contributed by atoms with E-state index in [-0.39, 0.29) is 23.9 Å². The van der Waals surface area contributed by atoms with Gasteiger partial charge in [0, 0.05) is 24.7 Å². The Kier molecular flexibility index (Phi) is 8.05. The molecule has 2 rings (SSSR count). The first kappa shape index (κ1) is 23.2. The third kappa shape index (κ3) is 8.03. The number of hydrogen-bond donors (Lipinski definition) is 1. The largest absolute Gasteiger partial charge is 0.444 e. The SMILES string of the molecule is CC(C)CC(CC1CCN(C(=O)OC(C)(C)C)CC1)NC(=O)c1ccc(F)cc1. The fourth-order valence-electron chi connectivity index (χ4n) is 3.73. The summed E-state index contributed by atoms with van der Waals surface area (Å²) in [6, 6.07) is 5.69. The van der Waals surface area contributed by atoms with Crippen LogP contribution < -0.4 is 5.32 Å². The summed E-state index contributed by atoms with van der Waals surface area (Å²) in [5, 5.41) is 3.13. The van der Waals surface area contributed by atoms with Gasteiger partial charge in [-0.15, -0.1) is 0 Å². The first-order valence-corrected chi connectivity index (χ1v) is 10.6. The summed E-state index contributed by atoms with van der Waals surface area (Å²) < 4.78 is 18.6. The number of halogens is 1. The molecule has 1 atom stereocenters. The Morgan fingerprint density at radius 1 is 1.17 bits per heavy atom. The number of amides is 2. The molecule has 1 fully saturated rings. The third-order valence-electron chi connectivity index (χ3n) is 5.08. The standard InChI is InChI=1S/C23H35FN2O3/c1-16(2)14-20(25-21(27)18-6-8-19(24)9-7-18)15-17-10-12-26(13-11-17)22(28)29-23(3,4)5/h6-9,16-17,20H,10-15H2,1-5H3,(H,25,27). The minimum atomic E-state index is -0.485. The maximum Gasteiger partial charge on any atom is 0.410 e. The van der Waals surface area contributed by atoms with E-state index in [9.17, 15) is 14.0 Å². The topological polar surface area (TPSA) is 58.6 Å². The number of carbonyl (C=O) groups excluding carboxylic acids is 2. The quantitative estimate of drug-likeness (QED) is 0.723. The summed E-state index contributed by atoms with van der Waals surface area (Å²) in [6.45, 7) is 11.3. The van der Waals surface area contributed by atoms with Gasteiger partial charge in [0.05, 0.1) is 0 Å². The van der Waals surface area contributed by atoms with Crippen LogP contribution in [0.4, 0.5) is 9.18 Å². The Morgan fingerprint density at radius 3 is 2.28 bits per heavy atom. The highest BCUT2D eigenvalue weighted by Gasteiger charge is 2.28. The molecule has 6 heteroatoms. The number of benzene rings is 1. The van der Waals surface area contributed by atoms with Gasteiger partial charge in [0.2, 0.25) is 0 Å². The van der Waals surface area contributed by atoms with Gasteiger partial charge in [0.1, 0.15) is 11.4 Å². The van der Waals surface area contributed by atoms with Crippen molar-refractivity contribution in [3.8, 4) is 0 Å². The van der Waals surface area contributed by atoms with Crippen LogP contribution in [0, 0.1) is 17.7 Å². The van der Waals surface area contributed by atoms with Crippen molar-refractivity contribution in [2.45, 2.75) is 71.9 Å². The molecule has 0 bridgehead atoms. The molecule has 1 saturated heterocycles. The average Bonchev–Trinajstić information content (AvgIpc) is 2.60. The molecule has 1 aliphatic heterocycles. The van der Waals surface area contributed by atoms with Crippen LogP contribution in [-0.2, 0) is 4.74 Å². The second-order valence-corrected chi connectivity index (χ2v) is 9.45. The Morgan fingerprint density at radius 2 is 1.76 bits per heavy atom. The molecule has 1 aromatic carbocycles. The van der Waals surface area contributed by atoms with Crippen molar-refractivity contribution in [2.75, 3.05) is 13.1 Å². The lowest BCUT2D eigenvalue weighted by molar-refractivity contribution is 0.0177. The molecule has 1 N–H and O–H groups in total. The van der Waals surface area contributed by atoms with Crippen LogP contribution in [-0.4, -0.2) is 41.6 Å². The minimum Gasteiger partial charge on any atom is -0.444 e. The van der Waals surface area contributed by atoms with E-state index in [0.29, 0.717) is 30.5 Å². The van der Waals surface area contributed by atoms with E-state index in [1.165, 1.54) is 24.3 Å². The van der Waals surface area contributed by atoms with Gasteiger partial charge in [-0.3, -0.25) is 4.79 Å². The zero-order chi connectivity index (χ0) is 21.6. The van der Waals surface area contributed by atoms with Crippen LogP contribution in [0.1, 0.15) is 70.7 Å². The van der Waals surface area contributed by atoms with Crippen LogP contribution >= 0.6 is 0 Å². The fraction of sp³-hybridized carbons (Fsp3) is 0.652. The fourth-order valence-corrected chi connectivity index (χ4v) is 3.73. The number of likely N-dealkylation sites (tertiary alicyclic amines) is 1. The van der Waals surface area contributed by atoms with Crippen LogP contribution in [0.15, 0.2) is 24.3 Å². The molecule has 0 aliphatic carbocycles. The summed E-state index contributed by atoms with van der Waals surface area (Å²) in [4.78, 5) is 26.6. The molecule has 1 heterocycles. The van der Waals surface area contributed by atoms with Crippen LogP contribution in [0.5, 0.6) is 0 Å². The van der Waals surface area contributed by atoms with Gasteiger partial charge in [0.25, 0.3) is 5.91 Å². The second kappa shape index (κ2) is 10.1. The number of nitrogens with zero attached hydrogens (tertiary/aromatic N) is 1.